The second-order valence-corrected chi connectivity index (χ2v) is 2.20. The lowest BCUT2D eigenvalue weighted by molar-refractivity contribution is -0.130. The molecule has 0 atom stereocenters. The molecule has 0 spiro atoms. The number of carbonyl (C=O) groups is 1. The molecule has 0 aliphatic heterocycles. The monoisotopic (exact) mass is 147 g/mol. The molecule has 10 heavy (non-hydrogen) atoms. The molecule has 0 aromatic carbocycles. The molecule has 60 valence electrons. The molecular formula is C6H13NO3. The van der Waals surface area contributed by atoms with Gasteiger partial charge in [0.15, 0.2) is 0 Å². The Morgan fingerprint density at radius 2 is 2.30 bits per heavy atom. The van der Waals surface area contributed by atoms with Crippen LogP contribution in [-0.4, -0.2) is 23.8 Å². The third kappa shape index (κ3) is 5.53. The molecule has 0 saturated heterocycles. The molecular weight excluding hydrogens is 134 g/mol. The summed E-state index contributed by atoms with van der Waals surface area (Å²) in [7, 11) is 0. The van der Waals surface area contributed by atoms with Crippen molar-refractivity contribution in [3.63, 3.8) is 0 Å². The molecule has 0 rings (SSSR count). The van der Waals surface area contributed by atoms with E-state index in [0.29, 0.717) is 6.61 Å². The van der Waals surface area contributed by atoms with Crippen LogP contribution < -0.4 is 5.48 Å². The van der Waals surface area contributed by atoms with Crippen molar-refractivity contribution in [1.29, 1.82) is 0 Å². The van der Waals surface area contributed by atoms with Crippen LogP contribution in [0, 0.1) is 0 Å². The minimum absolute atomic E-state index is 0.131. The van der Waals surface area contributed by atoms with E-state index in [1.54, 1.807) is 0 Å². The lowest BCUT2D eigenvalue weighted by Gasteiger charge is -2.05. The summed E-state index contributed by atoms with van der Waals surface area (Å²) in [6, 6.07) is 0. The van der Waals surface area contributed by atoms with Gasteiger partial charge in [0.2, 0.25) is 5.91 Å². The molecule has 0 saturated carbocycles. The summed E-state index contributed by atoms with van der Waals surface area (Å²) in [6.07, 6.45) is 0.334. The lowest BCUT2D eigenvalue weighted by Crippen LogP contribution is -2.20. The van der Waals surface area contributed by atoms with Crippen molar-refractivity contribution in [1.82, 2.24) is 5.48 Å². The number of carbonyl (C=O) groups excluding carboxylic acids is 1. The van der Waals surface area contributed by atoms with Crippen LogP contribution in [0.25, 0.3) is 0 Å². The molecule has 0 radical (unpaired) electrons. The fourth-order valence-corrected chi connectivity index (χ4v) is 0.443. The summed E-state index contributed by atoms with van der Waals surface area (Å²) in [4.78, 5) is 10.4. The first-order valence-corrected chi connectivity index (χ1v) is 3.21. The maximum Gasteiger partial charge on any atom is 0.245 e. The molecule has 4 nitrogen and oxygen atoms in total. The Labute approximate surface area is 60.1 Å². The SMILES string of the molecule is CC(C)OCCC(=O)NO. The highest BCUT2D eigenvalue weighted by molar-refractivity contribution is 5.74. The fourth-order valence-electron chi connectivity index (χ4n) is 0.443. The van der Waals surface area contributed by atoms with E-state index in [1.807, 2.05) is 13.8 Å². The van der Waals surface area contributed by atoms with Crippen molar-refractivity contribution in [3.05, 3.63) is 0 Å². The van der Waals surface area contributed by atoms with Gasteiger partial charge in [0.1, 0.15) is 0 Å². The van der Waals surface area contributed by atoms with Crippen molar-refractivity contribution < 1.29 is 14.7 Å². The van der Waals surface area contributed by atoms with Crippen molar-refractivity contribution in [2.45, 2.75) is 26.4 Å². The molecule has 0 aliphatic carbocycles. The van der Waals surface area contributed by atoms with Gasteiger partial charge in [-0.1, -0.05) is 0 Å². The zero-order valence-corrected chi connectivity index (χ0v) is 6.26. The number of ether oxygens (including phenoxy) is 1. The van der Waals surface area contributed by atoms with Gasteiger partial charge >= 0.3 is 0 Å². The topological polar surface area (TPSA) is 58.6 Å². The van der Waals surface area contributed by atoms with Crippen molar-refractivity contribution in [3.8, 4) is 0 Å². The Kier molecular flexibility index (Phi) is 4.88. The summed E-state index contributed by atoms with van der Waals surface area (Å²) in [5.74, 6) is -0.416. The minimum Gasteiger partial charge on any atom is -0.378 e. The van der Waals surface area contributed by atoms with Crippen LogP contribution in [0.4, 0.5) is 0 Å². The third-order valence-electron chi connectivity index (χ3n) is 0.905. The van der Waals surface area contributed by atoms with Crippen LogP contribution in [0.15, 0.2) is 0 Å². The van der Waals surface area contributed by atoms with E-state index in [-0.39, 0.29) is 12.5 Å². The average Bonchev–Trinajstić information content (AvgIpc) is 1.87. The summed E-state index contributed by atoms with van der Waals surface area (Å²) in [6.45, 7) is 4.12. The fraction of sp³-hybridized carbons (Fsp3) is 0.833. The quantitative estimate of drug-likeness (QED) is 0.444. The van der Waals surface area contributed by atoms with Gasteiger partial charge in [-0.2, -0.15) is 0 Å². The third-order valence-corrected chi connectivity index (χ3v) is 0.905. The molecule has 0 fully saturated rings. The van der Waals surface area contributed by atoms with Gasteiger partial charge in [0.25, 0.3) is 0 Å². The highest BCUT2D eigenvalue weighted by Gasteiger charge is 1.98. The molecule has 1 amide bonds. The Bertz CT molecular complexity index is 103. The van der Waals surface area contributed by atoms with E-state index < -0.39 is 5.91 Å². The van der Waals surface area contributed by atoms with Crippen molar-refractivity contribution >= 4 is 5.91 Å². The van der Waals surface area contributed by atoms with Gasteiger partial charge in [0.05, 0.1) is 19.1 Å². The van der Waals surface area contributed by atoms with Crippen LogP contribution >= 0.6 is 0 Å². The maximum absolute atomic E-state index is 10.4. The summed E-state index contributed by atoms with van der Waals surface area (Å²) in [5, 5.41) is 8.04. The van der Waals surface area contributed by atoms with E-state index in [0.717, 1.165) is 0 Å². The number of rotatable bonds is 4. The van der Waals surface area contributed by atoms with E-state index in [9.17, 15) is 4.79 Å². The predicted octanol–water partition coefficient (Wildman–Crippen LogP) is 0.307. The molecule has 0 aromatic heterocycles. The maximum atomic E-state index is 10.4. The second-order valence-electron chi connectivity index (χ2n) is 2.20. The summed E-state index contributed by atoms with van der Waals surface area (Å²) < 4.78 is 5.04. The lowest BCUT2D eigenvalue weighted by atomic mass is 10.4. The van der Waals surface area contributed by atoms with Crippen LogP contribution in [-0.2, 0) is 9.53 Å². The molecule has 0 heterocycles. The zero-order valence-electron chi connectivity index (χ0n) is 6.26. The van der Waals surface area contributed by atoms with Crippen LogP contribution in [0.3, 0.4) is 0 Å². The van der Waals surface area contributed by atoms with Gasteiger partial charge in [-0.05, 0) is 13.8 Å². The van der Waals surface area contributed by atoms with E-state index in [2.05, 4.69) is 0 Å². The first-order valence-electron chi connectivity index (χ1n) is 3.21. The number of amides is 1. The van der Waals surface area contributed by atoms with Gasteiger partial charge in [-0.25, -0.2) is 5.48 Å². The molecule has 0 bridgehead atoms. The molecule has 4 heteroatoms. The largest absolute Gasteiger partial charge is 0.378 e. The summed E-state index contributed by atoms with van der Waals surface area (Å²) in [5.41, 5.74) is 1.52. The Morgan fingerprint density at radius 1 is 1.70 bits per heavy atom. The smallest absolute Gasteiger partial charge is 0.245 e. The van der Waals surface area contributed by atoms with Crippen LogP contribution in [0.1, 0.15) is 20.3 Å². The second kappa shape index (κ2) is 5.20. The minimum atomic E-state index is -0.416. The van der Waals surface area contributed by atoms with Gasteiger partial charge in [0, 0.05) is 0 Å². The Hall–Kier alpha value is -0.610. The number of hydrogen-bond acceptors (Lipinski definition) is 3. The number of nitrogens with one attached hydrogen (secondary N) is 1. The van der Waals surface area contributed by atoms with Gasteiger partial charge in [-0.3, -0.25) is 10.0 Å². The number of hydroxylamine groups is 1. The van der Waals surface area contributed by atoms with E-state index in [4.69, 9.17) is 9.94 Å². The first-order chi connectivity index (χ1) is 4.66. The standard InChI is InChI=1S/C6H13NO3/c1-5(2)10-4-3-6(8)7-9/h5,9H,3-4H2,1-2H3,(H,7,8). The molecule has 0 unspecified atom stereocenters. The van der Waals surface area contributed by atoms with E-state index in [1.165, 1.54) is 5.48 Å². The van der Waals surface area contributed by atoms with E-state index >= 15 is 0 Å². The molecule has 2 N–H and O–H groups in total. The normalized spacial score (nSPS) is 10.0. The highest BCUT2D eigenvalue weighted by Crippen LogP contribution is 1.89. The van der Waals surface area contributed by atoms with Crippen molar-refractivity contribution in [2.24, 2.45) is 0 Å². The Morgan fingerprint density at radius 3 is 2.70 bits per heavy atom. The van der Waals surface area contributed by atoms with Crippen molar-refractivity contribution in [2.75, 3.05) is 6.61 Å². The average molecular weight is 147 g/mol. The summed E-state index contributed by atoms with van der Waals surface area (Å²) >= 11 is 0. The van der Waals surface area contributed by atoms with Gasteiger partial charge < -0.3 is 4.74 Å². The highest BCUT2D eigenvalue weighted by atomic mass is 16.5. The van der Waals surface area contributed by atoms with Crippen LogP contribution in [0.2, 0.25) is 0 Å². The first kappa shape index (κ1) is 9.39. The Balaban J connectivity index is 3.12. The molecule has 0 aromatic rings. The van der Waals surface area contributed by atoms with Crippen LogP contribution in [0.5, 0.6) is 0 Å². The molecule has 0 aliphatic rings. The predicted molar refractivity (Wildman–Crippen MR) is 35.6 cm³/mol. The number of hydrogen-bond donors (Lipinski definition) is 2. The van der Waals surface area contributed by atoms with Gasteiger partial charge in [-0.15, -0.1) is 0 Å². The zero-order chi connectivity index (χ0) is 7.98.